The van der Waals surface area contributed by atoms with Crippen LogP contribution < -0.4 is 15.8 Å². The summed E-state index contributed by atoms with van der Waals surface area (Å²) in [5.74, 6) is 0.307. The Morgan fingerprint density at radius 3 is 2.50 bits per heavy atom. The molecule has 0 radical (unpaired) electrons. The maximum atomic E-state index is 11.9. The average Bonchev–Trinajstić information content (AvgIpc) is 2.82. The van der Waals surface area contributed by atoms with Gasteiger partial charge in [-0.3, -0.25) is 9.52 Å². The van der Waals surface area contributed by atoms with Crippen molar-refractivity contribution in [3.05, 3.63) is 29.8 Å². The van der Waals surface area contributed by atoms with Crippen LogP contribution in [-0.2, 0) is 21.4 Å². The minimum Gasteiger partial charge on any atom is -0.352 e. The molecule has 6 nitrogen and oxygen atoms in total. The van der Waals surface area contributed by atoms with Crippen molar-refractivity contribution in [1.82, 2.24) is 5.32 Å². The topological polar surface area (TPSA) is 101 Å². The van der Waals surface area contributed by atoms with Crippen LogP contribution in [0.25, 0.3) is 0 Å². The van der Waals surface area contributed by atoms with Crippen molar-refractivity contribution in [2.75, 3.05) is 11.0 Å². The van der Waals surface area contributed by atoms with Crippen molar-refractivity contribution in [2.45, 2.75) is 38.3 Å². The minimum atomic E-state index is -3.27. The second-order valence-electron chi connectivity index (χ2n) is 5.91. The van der Waals surface area contributed by atoms with Crippen LogP contribution in [0.15, 0.2) is 24.3 Å². The van der Waals surface area contributed by atoms with Crippen molar-refractivity contribution < 1.29 is 13.2 Å². The molecule has 0 spiro atoms. The van der Waals surface area contributed by atoms with E-state index in [1.807, 2.05) is 0 Å². The van der Waals surface area contributed by atoms with Crippen molar-refractivity contribution in [2.24, 2.45) is 11.7 Å². The lowest BCUT2D eigenvalue weighted by atomic mass is 10.00. The summed E-state index contributed by atoms with van der Waals surface area (Å²) in [5.41, 5.74) is 7.39. The van der Waals surface area contributed by atoms with E-state index in [0.29, 0.717) is 24.6 Å². The Morgan fingerprint density at radius 1 is 1.27 bits per heavy atom. The Labute approximate surface area is 131 Å². The predicted octanol–water partition coefficient (Wildman–Crippen LogP) is 1.19. The third-order valence-electron chi connectivity index (χ3n) is 3.91. The van der Waals surface area contributed by atoms with Crippen LogP contribution in [0, 0.1) is 5.92 Å². The molecule has 1 aliphatic carbocycles. The van der Waals surface area contributed by atoms with Gasteiger partial charge in [-0.1, -0.05) is 18.6 Å². The number of carbonyl (C=O) groups excluding carboxylic acids is 1. The van der Waals surface area contributed by atoms with Crippen molar-refractivity contribution in [3.63, 3.8) is 0 Å². The van der Waals surface area contributed by atoms with E-state index in [4.69, 9.17) is 5.73 Å². The first kappa shape index (κ1) is 16.8. The van der Waals surface area contributed by atoms with E-state index in [0.717, 1.165) is 31.1 Å². The van der Waals surface area contributed by atoms with E-state index in [1.165, 1.54) is 0 Å². The molecule has 0 aliphatic heterocycles. The minimum absolute atomic E-state index is 0.0145. The fraction of sp³-hybridized carbons (Fsp3) is 0.533. The lowest BCUT2D eigenvalue weighted by Crippen LogP contribution is -2.31. The Morgan fingerprint density at radius 2 is 1.95 bits per heavy atom. The molecule has 1 aromatic rings. The molecule has 0 heterocycles. The summed E-state index contributed by atoms with van der Waals surface area (Å²) in [6, 6.07) is 7.07. The quantitative estimate of drug-likeness (QED) is 0.731. The molecule has 7 heteroatoms. The number of hydrogen-bond donors (Lipinski definition) is 3. The molecule has 1 aliphatic rings. The van der Waals surface area contributed by atoms with Crippen molar-refractivity contribution >= 4 is 21.6 Å². The summed E-state index contributed by atoms with van der Waals surface area (Å²) in [6.45, 7) is 0.431. The van der Waals surface area contributed by atoms with Gasteiger partial charge in [-0.25, -0.2) is 8.42 Å². The van der Waals surface area contributed by atoms with E-state index < -0.39 is 10.0 Å². The molecule has 0 unspecified atom stereocenters. The SMILES string of the molecule is CS(=O)(=O)Nc1ccc(CNC(=O)C[C@@H]2CCC[C@H]2N)cc1. The molecule has 4 N–H and O–H groups in total. The summed E-state index contributed by atoms with van der Waals surface area (Å²) in [6.07, 6.45) is 4.73. The molecular weight excluding hydrogens is 302 g/mol. The molecular formula is C15H23N3O3S. The number of hydrogen-bond acceptors (Lipinski definition) is 4. The van der Waals surface area contributed by atoms with Crippen LogP contribution in [0.1, 0.15) is 31.2 Å². The first-order valence-electron chi connectivity index (χ1n) is 7.42. The summed E-state index contributed by atoms with van der Waals surface area (Å²) in [4.78, 5) is 11.9. The largest absolute Gasteiger partial charge is 0.352 e. The average molecular weight is 325 g/mol. The molecule has 122 valence electrons. The molecule has 0 aromatic heterocycles. The zero-order valence-corrected chi connectivity index (χ0v) is 13.5. The van der Waals surface area contributed by atoms with E-state index in [9.17, 15) is 13.2 Å². The Hall–Kier alpha value is -1.60. The van der Waals surface area contributed by atoms with Crippen LogP contribution in [0.5, 0.6) is 0 Å². The fourth-order valence-corrected chi connectivity index (χ4v) is 3.30. The number of nitrogens with one attached hydrogen (secondary N) is 2. The van der Waals surface area contributed by atoms with Gasteiger partial charge in [0.2, 0.25) is 15.9 Å². The summed E-state index contributed by atoms with van der Waals surface area (Å²) >= 11 is 0. The first-order valence-corrected chi connectivity index (χ1v) is 9.31. The zero-order valence-electron chi connectivity index (χ0n) is 12.7. The highest BCUT2D eigenvalue weighted by Crippen LogP contribution is 2.26. The second-order valence-corrected chi connectivity index (χ2v) is 7.66. The lowest BCUT2D eigenvalue weighted by Gasteiger charge is -2.14. The Kier molecular flexibility index (Phi) is 5.42. The fourth-order valence-electron chi connectivity index (χ4n) is 2.73. The van der Waals surface area contributed by atoms with Gasteiger partial charge in [0.1, 0.15) is 0 Å². The number of anilines is 1. The predicted molar refractivity (Wildman–Crippen MR) is 86.7 cm³/mol. The van der Waals surface area contributed by atoms with Gasteiger partial charge in [0.15, 0.2) is 0 Å². The van der Waals surface area contributed by atoms with Crippen LogP contribution in [0.3, 0.4) is 0 Å². The standard InChI is InChI=1S/C15H23N3O3S/c1-22(20,21)18-13-7-5-11(6-8-13)10-17-15(19)9-12-3-2-4-14(12)16/h5-8,12,14,18H,2-4,9-10,16H2,1H3,(H,17,19)/t12-,14+/m0/s1. The third kappa shape index (κ3) is 5.31. The maximum Gasteiger partial charge on any atom is 0.229 e. The molecule has 0 saturated heterocycles. The molecule has 1 saturated carbocycles. The summed E-state index contributed by atoms with van der Waals surface area (Å²) in [5, 5.41) is 2.88. The molecule has 1 fully saturated rings. The molecule has 2 rings (SSSR count). The lowest BCUT2D eigenvalue weighted by molar-refractivity contribution is -0.122. The Balaban J connectivity index is 1.80. The number of rotatable bonds is 6. The highest BCUT2D eigenvalue weighted by Gasteiger charge is 2.25. The zero-order chi connectivity index (χ0) is 16.2. The smallest absolute Gasteiger partial charge is 0.229 e. The molecule has 0 bridgehead atoms. The number of nitrogens with two attached hydrogens (primary N) is 1. The van der Waals surface area contributed by atoms with Gasteiger partial charge in [-0.2, -0.15) is 0 Å². The molecule has 1 aromatic carbocycles. The first-order chi connectivity index (χ1) is 10.3. The van der Waals surface area contributed by atoms with Gasteiger partial charge in [0, 0.05) is 24.7 Å². The van der Waals surface area contributed by atoms with Crippen LogP contribution in [0.4, 0.5) is 5.69 Å². The molecule has 22 heavy (non-hydrogen) atoms. The summed E-state index contributed by atoms with van der Waals surface area (Å²) < 4.78 is 24.6. The van der Waals surface area contributed by atoms with Crippen molar-refractivity contribution in [1.29, 1.82) is 0 Å². The normalized spacial score (nSPS) is 21.5. The highest BCUT2D eigenvalue weighted by atomic mass is 32.2. The van der Waals surface area contributed by atoms with Crippen molar-refractivity contribution in [3.8, 4) is 0 Å². The number of amides is 1. The van der Waals surface area contributed by atoms with Crippen LogP contribution in [-0.4, -0.2) is 26.6 Å². The number of carbonyl (C=O) groups is 1. The van der Waals surface area contributed by atoms with E-state index in [1.54, 1.807) is 24.3 Å². The van der Waals surface area contributed by atoms with Gasteiger partial charge in [-0.15, -0.1) is 0 Å². The molecule has 1 amide bonds. The maximum absolute atomic E-state index is 11.9. The van der Waals surface area contributed by atoms with E-state index in [-0.39, 0.29) is 11.9 Å². The monoisotopic (exact) mass is 325 g/mol. The van der Waals surface area contributed by atoms with Gasteiger partial charge in [0.05, 0.1) is 6.26 Å². The van der Waals surface area contributed by atoms with Gasteiger partial charge in [-0.05, 0) is 36.5 Å². The van der Waals surface area contributed by atoms with Crippen LogP contribution in [0.2, 0.25) is 0 Å². The number of benzene rings is 1. The van der Waals surface area contributed by atoms with Gasteiger partial charge >= 0.3 is 0 Å². The summed E-state index contributed by atoms with van der Waals surface area (Å²) in [7, 11) is -3.27. The van der Waals surface area contributed by atoms with Gasteiger partial charge < -0.3 is 11.1 Å². The highest BCUT2D eigenvalue weighted by molar-refractivity contribution is 7.92. The molecule has 2 atom stereocenters. The van der Waals surface area contributed by atoms with E-state index >= 15 is 0 Å². The Bertz CT molecular complexity index is 613. The van der Waals surface area contributed by atoms with Gasteiger partial charge in [0.25, 0.3) is 0 Å². The second kappa shape index (κ2) is 7.11. The number of sulfonamides is 1. The van der Waals surface area contributed by atoms with E-state index in [2.05, 4.69) is 10.0 Å². The van der Waals surface area contributed by atoms with Crippen LogP contribution >= 0.6 is 0 Å². The third-order valence-corrected chi connectivity index (χ3v) is 4.52.